The van der Waals surface area contributed by atoms with E-state index in [2.05, 4.69) is 15.0 Å². The molecule has 0 N–H and O–H groups in total. The largest absolute Gasteiger partial charge is 0.481 e. The number of nitrogens with zero attached hydrogens (tertiary/aromatic N) is 4. The molecule has 31 heavy (non-hydrogen) atoms. The Bertz CT molecular complexity index is 1020. The summed E-state index contributed by atoms with van der Waals surface area (Å²) in [5.74, 6) is 1.67. The first-order valence-electron chi connectivity index (χ1n) is 10.00. The number of carbonyl (C=O) groups is 1. The van der Waals surface area contributed by atoms with Crippen molar-refractivity contribution in [2.45, 2.75) is 19.6 Å². The molecule has 1 atom stereocenters. The number of rotatable bonds is 6. The van der Waals surface area contributed by atoms with E-state index in [4.69, 9.17) is 32.5 Å². The van der Waals surface area contributed by atoms with Crippen molar-refractivity contribution in [2.75, 3.05) is 26.2 Å². The summed E-state index contributed by atoms with van der Waals surface area (Å²) in [7, 11) is 0. The third-order valence-corrected chi connectivity index (χ3v) is 5.59. The Morgan fingerprint density at radius 2 is 1.65 bits per heavy atom. The van der Waals surface area contributed by atoms with E-state index < -0.39 is 6.10 Å². The fourth-order valence-corrected chi connectivity index (χ4v) is 3.63. The van der Waals surface area contributed by atoms with Gasteiger partial charge in [0.2, 0.25) is 11.7 Å². The Morgan fingerprint density at radius 1 is 1.03 bits per heavy atom. The number of hydrogen-bond acceptors (Lipinski definition) is 6. The first kappa shape index (κ1) is 21.6. The first-order chi connectivity index (χ1) is 15.0. The number of aromatic nitrogens is 2. The van der Waals surface area contributed by atoms with Gasteiger partial charge in [-0.15, -0.1) is 0 Å². The summed E-state index contributed by atoms with van der Waals surface area (Å²) in [4.78, 5) is 21.2. The minimum absolute atomic E-state index is 0.0302. The lowest BCUT2D eigenvalue weighted by atomic mass is 10.2. The second-order valence-electron chi connectivity index (χ2n) is 7.33. The molecule has 2 heterocycles. The van der Waals surface area contributed by atoms with Crippen LogP contribution >= 0.6 is 23.2 Å². The van der Waals surface area contributed by atoms with Crippen molar-refractivity contribution in [1.82, 2.24) is 19.9 Å². The van der Waals surface area contributed by atoms with Gasteiger partial charge in [0.05, 0.1) is 6.54 Å². The van der Waals surface area contributed by atoms with Gasteiger partial charge in [-0.25, -0.2) is 0 Å². The Labute approximate surface area is 190 Å². The number of ether oxygens (including phenoxy) is 1. The van der Waals surface area contributed by atoms with Crippen LogP contribution in [0.25, 0.3) is 11.4 Å². The van der Waals surface area contributed by atoms with Crippen molar-refractivity contribution in [3.8, 4) is 17.1 Å². The zero-order valence-electron chi connectivity index (χ0n) is 17.0. The number of benzene rings is 2. The summed E-state index contributed by atoms with van der Waals surface area (Å²) in [6.45, 7) is 4.98. The number of piperazine rings is 1. The summed E-state index contributed by atoms with van der Waals surface area (Å²) < 4.78 is 11.1. The molecular formula is C22H22Cl2N4O3. The maximum absolute atomic E-state index is 12.7. The van der Waals surface area contributed by atoms with E-state index in [1.54, 1.807) is 43.3 Å². The van der Waals surface area contributed by atoms with Crippen LogP contribution in [0.4, 0.5) is 0 Å². The van der Waals surface area contributed by atoms with Crippen molar-refractivity contribution >= 4 is 29.1 Å². The fraction of sp³-hybridized carbons (Fsp3) is 0.318. The van der Waals surface area contributed by atoms with Crippen molar-refractivity contribution < 1.29 is 14.1 Å². The van der Waals surface area contributed by atoms with Crippen molar-refractivity contribution in [3.05, 3.63) is 64.5 Å². The van der Waals surface area contributed by atoms with Crippen LogP contribution in [0.3, 0.4) is 0 Å². The Balaban J connectivity index is 1.27. The van der Waals surface area contributed by atoms with Crippen molar-refractivity contribution in [2.24, 2.45) is 0 Å². The van der Waals surface area contributed by atoms with Crippen LogP contribution in [0.5, 0.6) is 5.75 Å². The van der Waals surface area contributed by atoms with E-state index in [1.165, 1.54) is 0 Å². The monoisotopic (exact) mass is 460 g/mol. The second kappa shape index (κ2) is 9.68. The van der Waals surface area contributed by atoms with E-state index in [-0.39, 0.29) is 5.91 Å². The lowest BCUT2D eigenvalue weighted by Crippen LogP contribution is -2.51. The zero-order valence-corrected chi connectivity index (χ0v) is 18.5. The molecule has 1 saturated heterocycles. The van der Waals surface area contributed by atoms with Gasteiger partial charge in [-0.2, -0.15) is 4.98 Å². The molecule has 1 amide bonds. The average molecular weight is 461 g/mol. The quantitative estimate of drug-likeness (QED) is 0.549. The van der Waals surface area contributed by atoms with Gasteiger partial charge >= 0.3 is 0 Å². The molecule has 7 nitrogen and oxygen atoms in total. The molecule has 1 aliphatic heterocycles. The minimum Gasteiger partial charge on any atom is -0.481 e. The van der Waals surface area contributed by atoms with E-state index in [1.807, 2.05) is 17.0 Å². The molecule has 3 aromatic rings. The van der Waals surface area contributed by atoms with Crippen molar-refractivity contribution in [1.29, 1.82) is 0 Å². The molecule has 0 spiro atoms. The maximum Gasteiger partial charge on any atom is 0.263 e. The molecule has 1 fully saturated rings. The van der Waals surface area contributed by atoms with Gasteiger partial charge in [-0.1, -0.05) is 28.4 Å². The zero-order chi connectivity index (χ0) is 21.8. The number of carbonyl (C=O) groups excluding carboxylic acids is 1. The predicted octanol–water partition coefficient (Wildman–Crippen LogP) is 4.16. The molecule has 9 heteroatoms. The van der Waals surface area contributed by atoms with Crippen molar-refractivity contribution in [3.63, 3.8) is 0 Å². The van der Waals surface area contributed by atoms with E-state index in [0.717, 1.165) is 18.7 Å². The second-order valence-corrected chi connectivity index (χ2v) is 8.21. The molecular weight excluding hydrogens is 439 g/mol. The van der Waals surface area contributed by atoms with Crippen LogP contribution in [0, 0.1) is 0 Å². The average Bonchev–Trinajstić information content (AvgIpc) is 3.24. The highest BCUT2D eigenvalue weighted by Crippen LogP contribution is 2.20. The summed E-state index contributed by atoms with van der Waals surface area (Å²) in [5.41, 5.74) is 0.851. The molecule has 0 bridgehead atoms. The highest BCUT2D eigenvalue weighted by molar-refractivity contribution is 6.30. The SMILES string of the molecule is C[C@@H](Oc1ccc(Cl)cc1)C(=O)N1CCN(Cc2nc(-c3ccc(Cl)cc3)no2)CC1. The highest BCUT2D eigenvalue weighted by atomic mass is 35.5. The van der Waals surface area contributed by atoms with Crippen LogP contribution in [0.1, 0.15) is 12.8 Å². The van der Waals surface area contributed by atoms with Crippen LogP contribution in [-0.2, 0) is 11.3 Å². The topological polar surface area (TPSA) is 71.7 Å². The first-order valence-corrected chi connectivity index (χ1v) is 10.8. The number of hydrogen-bond donors (Lipinski definition) is 0. The van der Waals surface area contributed by atoms with Gasteiger partial charge in [0.15, 0.2) is 6.10 Å². The van der Waals surface area contributed by atoms with Gasteiger partial charge in [0.25, 0.3) is 5.91 Å². The molecule has 1 aliphatic rings. The summed E-state index contributed by atoms with van der Waals surface area (Å²) >= 11 is 11.8. The molecule has 0 radical (unpaired) electrons. The lowest BCUT2D eigenvalue weighted by Gasteiger charge is -2.35. The van der Waals surface area contributed by atoms with Gasteiger partial charge < -0.3 is 14.2 Å². The van der Waals surface area contributed by atoms with Gasteiger partial charge in [-0.05, 0) is 55.5 Å². The molecule has 0 unspecified atom stereocenters. The van der Waals surface area contributed by atoms with E-state index in [9.17, 15) is 4.79 Å². The molecule has 2 aromatic carbocycles. The van der Waals surface area contributed by atoms with Gasteiger partial charge in [0.1, 0.15) is 5.75 Å². The van der Waals surface area contributed by atoms with Gasteiger partial charge in [-0.3, -0.25) is 9.69 Å². The minimum atomic E-state index is -0.564. The molecule has 0 aliphatic carbocycles. The van der Waals surface area contributed by atoms with Crippen LogP contribution in [-0.4, -0.2) is 58.1 Å². The van der Waals surface area contributed by atoms with Crippen LogP contribution < -0.4 is 4.74 Å². The molecule has 1 aromatic heterocycles. The van der Waals surface area contributed by atoms with Gasteiger partial charge in [0, 0.05) is 41.8 Å². The third-order valence-electron chi connectivity index (χ3n) is 5.09. The number of amides is 1. The summed E-state index contributed by atoms with van der Waals surface area (Å²) in [5, 5.41) is 5.34. The van der Waals surface area contributed by atoms with E-state index in [0.29, 0.717) is 47.1 Å². The highest BCUT2D eigenvalue weighted by Gasteiger charge is 2.27. The smallest absolute Gasteiger partial charge is 0.263 e. The van der Waals surface area contributed by atoms with E-state index >= 15 is 0 Å². The van der Waals surface area contributed by atoms with Crippen LogP contribution in [0.2, 0.25) is 10.0 Å². The normalized spacial score (nSPS) is 15.6. The molecule has 0 saturated carbocycles. The van der Waals surface area contributed by atoms with Crippen LogP contribution in [0.15, 0.2) is 53.1 Å². The Hall–Kier alpha value is -2.61. The summed E-state index contributed by atoms with van der Waals surface area (Å²) in [6.07, 6.45) is -0.564. The standard InChI is InChI=1S/C22H22Cl2N4O3/c1-15(30-19-8-6-18(24)7-9-19)22(29)28-12-10-27(11-13-28)14-20-25-21(26-31-20)16-2-4-17(23)5-3-16/h2-9,15H,10-14H2,1H3/t15-/m1/s1. The summed E-state index contributed by atoms with van der Waals surface area (Å²) in [6, 6.07) is 14.3. The molecule has 4 rings (SSSR count). The molecule has 162 valence electrons. The Kier molecular flexibility index (Phi) is 6.75. The predicted molar refractivity (Wildman–Crippen MR) is 118 cm³/mol. The maximum atomic E-state index is 12.7. The Morgan fingerprint density at radius 3 is 2.29 bits per heavy atom. The lowest BCUT2D eigenvalue weighted by molar-refractivity contribution is -0.139. The number of halogens is 2. The fourth-order valence-electron chi connectivity index (χ4n) is 3.38. The third kappa shape index (κ3) is 5.55.